The fraction of sp³-hybridized carbons (Fsp3) is 0.545. The van der Waals surface area contributed by atoms with Crippen molar-refractivity contribution in [2.45, 2.75) is 68.6 Å². The molecule has 2 amide bonds. The van der Waals surface area contributed by atoms with E-state index in [4.69, 9.17) is 0 Å². The highest BCUT2D eigenvalue weighted by Gasteiger charge is 2.57. The number of aromatic nitrogens is 5. The molecule has 8 nitrogen and oxygen atoms in total. The topological polar surface area (TPSA) is 91.7 Å². The second-order valence-corrected chi connectivity index (χ2v) is 9.69. The van der Waals surface area contributed by atoms with Crippen molar-refractivity contribution in [2.24, 2.45) is 0 Å². The van der Waals surface area contributed by atoms with Crippen LogP contribution in [0.25, 0.3) is 22.3 Å². The Morgan fingerprint density at radius 2 is 1.88 bits per heavy atom. The molecule has 1 saturated heterocycles. The molecule has 2 saturated carbocycles. The predicted octanol–water partition coefficient (Wildman–Crippen LogP) is 4.51. The summed E-state index contributed by atoms with van der Waals surface area (Å²) in [6.45, 7) is -0.405. The zero-order valence-electron chi connectivity index (χ0n) is 18.0. The molecule has 0 radical (unpaired) electrons. The van der Waals surface area contributed by atoms with E-state index in [0.29, 0.717) is 36.3 Å². The lowest BCUT2D eigenvalue weighted by atomic mass is 9.82. The quantitative estimate of drug-likeness (QED) is 0.601. The summed E-state index contributed by atoms with van der Waals surface area (Å²) in [6, 6.07) is 1.20. The number of urea groups is 1. The van der Waals surface area contributed by atoms with Crippen molar-refractivity contribution in [2.75, 3.05) is 11.9 Å². The molecule has 0 atom stereocenters. The van der Waals surface area contributed by atoms with Gasteiger partial charge in [-0.2, -0.15) is 10.2 Å². The summed E-state index contributed by atoms with van der Waals surface area (Å²) in [4.78, 5) is 18.7. The number of aromatic amines is 1. The van der Waals surface area contributed by atoms with Crippen LogP contribution >= 0.6 is 0 Å². The first-order valence-electron chi connectivity index (χ1n) is 11.3. The molecule has 4 heterocycles. The maximum atomic E-state index is 14.7. The number of carbonyl (C=O) groups is 1. The molecule has 0 bridgehead atoms. The number of halogens is 3. The number of carbonyl (C=O) groups excluding carboxylic acids is 1. The predicted molar refractivity (Wildman–Crippen MR) is 115 cm³/mol. The van der Waals surface area contributed by atoms with E-state index in [9.17, 15) is 18.0 Å². The van der Waals surface area contributed by atoms with Crippen LogP contribution in [0.1, 0.15) is 44.9 Å². The summed E-state index contributed by atoms with van der Waals surface area (Å²) in [5.41, 5.74) is 0.328. The SMILES string of the molecule is O=C(Nc1cn[nH]c1-c1cc2c(cn1)cnn2CC1(F)CCC1)N1CC(F)(F)CCC12CC2. The number of nitrogens with one attached hydrogen (secondary N) is 2. The molecule has 0 aromatic carbocycles. The van der Waals surface area contributed by atoms with Crippen LogP contribution in [0.3, 0.4) is 0 Å². The minimum atomic E-state index is -2.89. The molecule has 11 heteroatoms. The number of nitrogens with zero attached hydrogens (tertiary/aromatic N) is 5. The van der Waals surface area contributed by atoms with Crippen LogP contribution in [-0.4, -0.2) is 59.6 Å². The molecule has 6 rings (SSSR count). The van der Waals surface area contributed by atoms with E-state index in [1.807, 2.05) is 0 Å². The van der Waals surface area contributed by atoms with Gasteiger partial charge < -0.3 is 10.2 Å². The average Bonchev–Trinajstić information content (AvgIpc) is 3.21. The summed E-state index contributed by atoms with van der Waals surface area (Å²) in [5.74, 6) is -2.89. The number of piperidine rings is 1. The fourth-order valence-electron chi connectivity index (χ4n) is 4.96. The van der Waals surface area contributed by atoms with E-state index in [1.165, 1.54) is 11.1 Å². The summed E-state index contributed by atoms with van der Waals surface area (Å²) >= 11 is 0. The maximum absolute atomic E-state index is 14.7. The van der Waals surface area contributed by atoms with E-state index in [-0.39, 0.29) is 13.0 Å². The first-order chi connectivity index (χ1) is 15.8. The zero-order chi connectivity index (χ0) is 22.8. The Morgan fingerprint density at radius 1 is 1.09 bits per heavy atom. The molecule has 1 aliphatic heterocycles. The average molecular weight is 459 g/mol. The van der Waals surface area contributed by atoms with E-state index in [0.717, 1.165) is 30.2 Å². The molecule has 174 valence electrons. The van der Waals surface area contributed by atoms with E-state index in [1.54, 1.807) is 23.1 Å². The third-order valence-corrected chi connectivity index (χ3v) is 7.34. The molecular weight excluding hydrogens is 435 g/mol. The Hall–Kier alpha value is -3.11. The lowest BCUT2D eigenvalue weighted by molar-refractivity contribution is -0.0721. The molecule has 3 fully saturated rings. The molecule has 3 aliphatic rings. The summed E-state index contributed by atoms with van der Waals surface area (Å²) in [7, 11) is 0. The van der Waals surface area contributed by atoms with Gasteiger partial charge in [0.25, 0.3) is 5.92 Å². The summed E-state index contributed by atoms with van der Waals surface area (Å²) in [5, 5.41) is 14.7. The molecule has 1 spiro atoms. The number of hydrogen-bond acceptors (Lipinski definition) is 4. The maximum Gasteiger partial charge on any atom is 0.322 e. The Balaban J connectivity index is 1.27. The number of hydrogen-bond donors (Lipinski definition) is 2. The van der Waals surface area contributed by atoms with Crippen molar-refractivity contribution in [3.05, 3.63) is 24.7 Å². The van der Waals surface area contributed by atoms with Crippen LogP contribution in [0, 0.1) is 0 Å². The zero-order valence-corrected chi connectivity index (χ0v) is 18.0. The normalized spacial score (nSPS) is 22.3. The van der Waals surface area contributed by atoms with Crippen LogP contribution in [-0.2, 0) is 6.54 Å². The lowest BCUT2D eigenvalue weighted by Crippen LogP contribution is -2.54. The van der Waals surface area contributed by atoms with Crippen LogP contribution in [0.5, 0.6) is 0 Å². The largest absolute Gasteiger partial charge is 0.322 e. The van der Waals surface area contributed by atoms with Crippen molar-refractivity contribution < 1.29 is 18.0 Å². The number of alkyl halides is 3. The third kappa shape index (κ3) is 3.53. The number of anilines is 1. The van der Waals surface area contributed by atoms with Gasteiger partial charge in [-0.05, 0) is 44.6 Å². The molecule has 2 aliphatic carbocycles. The van der Waals surface area contributed by atoms with Crippen LogP contribution < -0.4 is 5.32 Å². The van der Waals surface area contributed by atoms with E-state index in [2.05, 4.69) is 25.6 Å². The van der Waals surface area contributed by atoms with Crippen molar-refractivity contribution in [1.29, 1.82) is 0 Å². The molecule has 0 unspecified atom stereocenters. The monoisotopic (exact) mass is 459 g/mol. The Morgan fingerprint density at radius 3 is 2.61 bits per heavy atom. The molecule has 3 aromatic rings. The number of rotatable bonds is 4. The molecular formula is C22H24F3N7O. The first-order valence-corrected chi connectivity index (χ1v) is 11.3. The van der Waals surface area contributed by atoms with Gasteiger partial charge >= 0.3 is 6.03 Å². The fourth-order valence-corrected chi connectivity index (χ4v) is 4.96. The van der Waals surface area contributed by atoms with Crippen LogP contribution in [0.4, 0.5) is 23.7 Å². The van der Waals surface area contributed by atoms with E-state index < -0.39 is 29.7 Å². The van der Waals surface area contributed by atoms with Crippen molar-refractivity contribution in [3.8, 4) is 11.4 Å². The van der Waals surface area contributed by atoms with Gasteiger partial charge in [0.1, 0.15) is 11.4 Å². The second-order valence-electron chi connectivity index (χ2n) is 9.69. The summed E-state index contributed by atoms with van der Waals surface area (Å²) < 4.78 is 44.4. The highest BCUT2D eigenvalue weighted by atomic mass is 19.3. The van der Waals surface area contributed by atoms with Crippen LogP contribution in [0.15, 0.2) is 24.7 Å². The number of fused-ring (bicyclic) bond motifs is 1. The number of H-pyrrole nitrogens is 1. The number of amides is 2. The Labute approximate surface area is 187 Å². The first kappa shape index (κ1) is 20.5. The molecule has 2 N–H and O–H groups in total. The van der Waals surface area contributed by atoms with Gasteiger partial charge in [0.05, 0.1) is 42.4 Å². The highest BCUT2D eigenvalue weighted by molar-refractivity contribution is 5.94. The highest BCUT2D eigenvalue weighted by Crippen LogP contribution is 2.51. The minimum absolute atomic E-state index is 0.178. The van der Waals surface area contributed by atoms with Crippen molar-refractivity contribution in [1.82, 2.24) is 29.9 Å². The van der Waals surface area contributed by atoms with Crippen molar-refractivity contribution >= 4 is 22.6 Å². The Bertz CT molecular complexity index is 1230. The molecule has 3 aromatic heterocycles. The van der Waals surface area contributed by atoms with Gasteiger partial charge in [0.2, 0.25) is 0 Å². The Kier molecular flexibility index (Phi) is 4.31. The summed E-state index contributed by atoms with van der Waals surface area (Å²) in [6.07, 6.45) is 8.26. The second kappa shape index (κ2) is 6.94. The number of pyridine rings is 1. The minimum Gasteiger partial charge on any atom is -0.313 e. The van der Waals surface area contributed by atoms with Gasteiger partial charge in [-0.25, -0.2) is 18.0 Å². The van der Waals surface area contributed by atoms with Crippen molar-refractivity contribution in [3.63, 3.8) is 0 Å². The van der Waals surface area contributed by atoms with Gasteiger partial charge in [-0.15, -0.1) is 0 Å². The third-order valence-electron chi connectivity index (χ3n) is 7.34. The van der Waals surface area contributed by atoms with Gasteiger partial charge in [0, 0.05) is 23.5 Å². The van der Waals surface area contributed by atoms with Gasteiger partial charge in [0.15, 0.2) is 0 Å². The number of likely N-dealkylation sites (tertiary alicyclic amines) is 1. The van der Waals surface area contributed by atoms with Crippen LogP contribution in [0.2, 0.25) is 0 Å². The van der Waals surface area contributed by atoms with Gasteiger partial charge in [-0.3, -0.25) is 14.8 Å². The smallest absolute Gasteiger partial charge is 0.313 e. The molecule has 33 heavy (non-hydrogen) atoms. The van der Waals surface area contributed by atoms with E-state index >= 15 is 0 Å². The van der Waals surface area contributed by atoms with Gasteiger partial charge in [-0.1, -0.05) is 0 Å². The lowest BCUT2D eigenvalue weighted by Gasteiger charge is -2.40. The standard InChI is InChI=1S/C22H24F3N7O/c23-20(2-1-3-20)12-32-17-8-15(26-9-14(17)10-28-32)18-16(11-27-30-18)29-19(33)31-13-22(24,25)7-6-21(31)4-5-21/h8-11H,1-7,12-13H2,(H,27,30)(H,29,33).